The molecule has 1 aliphatic heterocycles. The van der Waals surface area contributed by atoms with Gasteiger partial charge in [0.2, 0.25) is 0 Å². The van der Waals surface area contributed by atoms with Gasteiger partial charge in [-0.3, -0.25) is 0 Å². The first kappa shape index (κ1) is 15.1. The topological polar surface area (TPSA) is 76.8 Å². The standard InChI is InChI=1S/C19H18N4/c1-12-3-5-13(6-4-12)18-16(10-21)19(22)15(9-20)14-7-8-23(2)11-17(14)18/h3-6H,7-8,11,22H2,1-2H3. The van der Waals surface area contributed by atoms with Gasteiger partial charge in [0, 0.05) is 18.7 Å². The summed E-state index contributed by atoms with van der Waals surface area (Å²) in [6.45, 7) is 3.65. The number of aryl methyl sites for hydroxylation is 1. The minimum absolute atomic E-state index is 0.314. The van der Waals surface area contributed by atoms with Gasteiger partial charge < -0.3 is 10.6 Å². The van der Waals surface area contributed by atoms with Crippen molar-refractivity contribution in [2.75, 3.05) is 19.3 Å². The maximum atomic E-state index is 9.65. The van der Waals surface area contributed by atoms with E-state index in [1.807, 2.05) is 31.2 Å². The fourth-order valence-electron chi connectivity index (χ4n) is 3.26. The number of rotatable bonds is 1. The zero-order chi connectivity index (χ0) is 16.6. The first-order valence-electron chi connectivity index (χ1n) is 7.59. The summed E-state index contributed by atoms with van der Waals surface area (Å²) in [5.74, 6) is 0. The third-order valence-corrected chi connectivity index (χ3v) is 4.49. The number of nitrogens with zero attached hydrogens (tertiary/aromatic N) is 3. The van der Waals surface area contributed by atoms with E-state index >= 15 is 0 Å². The van der Waals surface area contributed by atoms with E-state index in [2.05, 4.69) is 24.1 Å². The fraction of sp³-hybridized carbons (Fsp3) is 0.263. The monoisotopic (exact) mass is 302 g/mol. The van der Waals surface area contributed by atoms with E-state index in [-0.39, 0.29) is 0 Å². The van der Waals surface area contributed by atoms with E-state index in [0.29, 0.717) is 16.8 Å². The molecule has 0 saturated heterocycles. The Hall–Kier alpha value is -2.82. The van der Waals surface area contributed by atoms with Crippen molar-refractivity contribution in [3.05, 3.63) is 52.1 Å². The highest BCUT2D eigenvalue weighted by atomic mass is 15.1. The molecular formula is C19H18N4. The molecule has 0 saturated carbocycles. The lowest BCUT2D eigenvalue weighted by molar-refractivity contribution is 0.313. The maximum Gasteiger partial charge on any atom is 0.102 e. The Bertz CT molecular complexity index is 851. The van der Waals surface area contributed by atoms with Gasteiger partial charge in [-0.25, -0.2) is 0 Å². The zero-order valence-corrected chi connectivity index (χ0v) is 13.3. The lowest BCUT2D eigenvalue weighted by Gasteiger charge is -2.29. The quantitative estimate of drug-likeness (QED) is 0.822. The van der Waals surface area contributed by atoms with Crippen LogP contribution in [-0.2, 0) is 13.0 Å². The highest BCUT2D eigenvalue weighted by molar-refractivity contribution is 5.85. The van der Waals surface area contributed by atoms with Crippen molar-refractivity contribution < 1.29 is 0 Å². The van der Waals surface area contributed by atoms with Gasteiger partial charge in [0.25, 0.3) is 0 Å². The molecule has 1 heterocycles. The molecule has 23 heavy (non-hydrogen) atoms. The van der Waals surface area contributed by atoms with Gasteiger partial charge >= 0.3 is 0 Å². The molecule has 0 spiro atoms. The van der Waals surface area contributed by atoms with E-state index in [9.17, 15) is 10.5 Å². The average molecular weight is 302 g/mol. The molecule has 0 unspecified atom stereocenters. The lowest BCUT2D eigenvalue weighted by Crippen LogP contribution is -2.28. The van der Waals surface area contributed by atoms with E-state index in [1.54, 1.807) is 0 Å². The van der Waals surface area contributed by atoms with Crippen molar-refractivity contribution in [3.8, 4) is 23.3 Å². The number of fused-ring (bicyclic) bond motifs is 1. The molecule has 3 rings (SSSR count). The zero-order valence-electron chi connectivity index (χ0n) is 13.3. The molecule has 2 N–H and O–H groups in total. The van der Waals surface area contributed by atoms with Gasteiger partial charge in [-0.1, -0.05) is 29.8 Å². The number of hydrogen-bond donors (Lipinski definition) is 1. The molecule has 4 heteroatoms. The Balaban J connectivity index is 2.38. The first-order valence-corrected chi connectivity index (χ1v) is 7.59. The Morgan fingerprint density at radius 2 is 1.70 bits per heavy atom. The van der Waals surface area contributed by atoms with Crippen molar-refractivity contribution in [2.45, 2.75) is 19.9 Å². The van der Waals surface area contributed by atoms with Crippen LogP contribution < -0.4 is 5.73 Å². The van der Waals surface area contributed by atoms with Crippen LogP contribution in [0.5, 0.6) is 0 Å². The summed E-state index contributed by atoms with van der Waals surface area (Å²) in [6.07, 6.45) is 0.781. The fourth-order valence-corrected chi connectivity index (χ4v) is 3.26. The molecule has 0 fully saturated rings. The summed E-state index contributed by atoms with van der Waals surface area (Å²) < 4.78 is 0. The Morgan fingerprint density at radius 3 is 2.30 bits per heavy atom. The number of nitriles is 2. The van der Waals surface area contributed by atoms with Crippen molar-refractivity contribution in [1.82, 2.24) is 4.90 Å². The summed E-state index contributed by atoms with van der Waals surface area (Å²) in [4.78, 5) is 2.21. The molecule has 114 valence electrons. The van der Waals surface area contributed by atoms with Gasteiger partial charge in [0.05, 0.1) is 16.8 Å². The molecule has 2 aromatic carbocycles. The van der Waals surface area contributed by atoms with Gasteiger partial charge in [0.1, 0.15) is 12.1 Å². The van der Waals surface area contributed by atoms with E-state index in [4.69, 9.17) is 5.73 Å². The number of benzene rings is 2. The Morgan fingerprint density at radius 1 is 1.04 bits per heavy atom. The third-order valence-electron chi connectivity index (χ3n) is 4.49. The smallest absolute Gasteiger partial charge is 0.102 e. The van der Waals surface area contributed by atoms with E-state index in [1.165, 1.54) is 5.56 Å². The number of nitrogens with two attached hydrogens (primary N) is 1. The normalized spacial score (nSPS) is 13.9. The molecule has 0 radical (unpaired) electrons. The molecule has 4 nitrogen and oxygen atoms in total. The molecular weight excluding hydrogens is 284 g/mol. The summed E-state index contributed by atoms with van der Waals surface area (Å²) in [6, 6.07) is 12.5. The molecule has 0 bridgehead atoms. The Kier molecular flexibility index (Phi) is 3.78. The Labute approximate surface area is 136 Å². The van der Waals surface area contributed by atoms with Crippen LogP contribution >= 0.6 is 0 Å². The van der Waals surface area contributed by atoms with Crippen molar-refractivity contribution in [1.29, 1.82) is 10.5 Å². The SMILES string of the molecule is Cc1ccc(-c2c(C#N)c(N)c(C#N)c3c2CN(C)CC3)cc1. The molecule has 2 aromatic rings. The van der Waals surface area contributed by atoms with Crippen LogP contribution in [0.3, 0.4) is 0 Å². The summed E-state index contributed by atoms with van der Waals surface area (Å²) in [5, 5.41) is 19.2. The summed E-state index contributed by atoms with van der Waals surface area (Å²) in [7, 11) is 2.05. The molecule has 0 aromatic heterocycles. The van der Waals surface area contributed by atoms with Crippen LogP contribution in [0.25, 0.3) is 11.1 Å². The van der Waals surface area contributed by atoms with Gasteiger partial charge in [-0.2, -0.15) is 10.5 Å². The van der Waals surface area contributed by atoms with Crippen LogP contribution in [-0.4, -0.2) is 18.5 Å². The number of likely N-dealkylation sites (N-methyl/N-ethyl adjacent to an activating group) is 1. The number of hydrogen-bond acceptors (Lipinski definition) is 4. The minimum Gasteiger partial charge on any atom is -0.397 e. The van der Waals surface area contributed by atoms with Crippen molar-refractivity contribution >= 4 is 5.69 Å². The van der Waals surface area contributed by atoms with Crippen molar-refractivity contribution in [3.63, 3.8) is 0 Å². The summed E-state index contributed by atoms with van der Waals surface area (Å²) >= 11 is 0. The second-order valence-corrected chi connectivity index (χ2v) is 6.07. The first-order chi connectivity index (χ1) is 11.1. The van der Waals surface area contributed by atoms with Gasteiger partial charge in [0.15, 0.2) is 0 Å². The predicted octanol–water partition coefficient (Wildman–Crippen LogP) is 2.98. The average Bonchev–Trinajstić information content (AvgIpc) is 2.55. The largest absolute Gasteiger partial charge is 0.397 e. The molecule has 0 amide bonds. The second-order valence-electron chi connectivity index (χ2n) is 6.07. The van der Waals surface area contributed by atoms with Crippen LogP contribution in [0.2, 0.25) is 0 Å². The van der Waals surface area contributed by atoms with Gasteiger partial charge in [-0.15, -0.1) is 0 Å². The van der Waals surface area contributed by atoms with Crippen molar-refractivity contribution in [2.24, 2.45) is 0 Å². The van der Waals surface area contributed by atoms with Crippen LogP contribution in [0.15, 0.2) is 24.3 Å². The number of nitrogen functional groups attached to an aromatic ring is 1. The minimum atomic E-state index is 0.314. The highest BCUT2D eigenvalue weighted by Gasteiger charge is 2.26. The van der Waals surface area contributed by atoms with Crippen LogP contribution in [0, 0.1) is 29.6 Å². The molecule has 0 atom stereocenters. The van der Waals surface area contributed by atoms with Crippen LogP contribution in [0.4, 0.5) is 5.69 Å². The number of anilines is 1. The highest BCUT2D eigenvalue weighted by Crippen LogP contribution is 2.39. The molecule has 0 aliphatic carbocycles. The maximum absolute atomic E-state index is 9.65. The molecule has 1 aliphatic rings. The van der Waals surface area contributed by atoms with Crippen LogP contribution in [0.1, 0.15) is 27.8 Å². The second kappa shape index (κ2) is 5.76. The summed E-state index contributed by atoms with van der Waals surface area (Å²) in [5.41, 5.74) is 12.5. The van der Waals surface area contributed by atoms with E-state index < -0.39 is 0 Å². The predicted molar refractivity (Wildman–Crippen MR) is 90.5 cm³/mol. The lowest BCUT2D eigenvalue weighted by atomic mass is 9.83. The van der Waals surface area contributed by atoms with E-state index in [0.717, 1.165) is 41.8 Å². The third kappa shape index (κ3) is 2.44. The van der Waals surface area contributed by atoms with Gasteiger partial charge in [-0.05, 0) is 37.1 Å².